The van der Waals surface area contributed by atoms with E-state index in [2.05, 4.69) is 32.4 Å². The molecule has 0 aliphatic carbocycles. The summed E-state index contributed by atoms with van der Waals surface area (Å²) in [5.74, 6) is 0.412. The van der Waals surface area contributed by atoms with Gasteiger partial charge in [0.1, 0.15) is 0 Å². The first-order valence-electron chi connectivity index (χ1n) is 8.00. The van der Waals surface area contributed by atoms with Crippen molar-refractivity contribution in [2.24, 2.45) is 12.1 Å². The molecule has 9 nitrogen and oxygen atoms in total. The van der Waals surface area contributed by atoms with Crippen LogP contribution in [0.25, 0.3) is 11.2 Å². The zero-order valence-corrected chi connectivity index (χ0v) is 14.1. The molecular formula is C16H19N7O2. The number of hydrazone groups is 1. The number of anilines is 1. The van der Waals surface area contributed by atoms with Gasteiger partial charge in [0.25, 0.3) is 5.56 Å². The topological polar surface area (TPSA) is 110 Å². The van der Waals surface area contributed by atoms with Crippen LogP contribution in [0.3, 0.4) is 0 Å². The second-order valence-electron chi connectivity index (χ2n) is 5.59. The maximum absolute atomic E-state index is 12.2. The van der Waals surface area contributed by atoms with Crippen LogP contribution in [0.15, 0.2) is 39.2 Å². The van der Waals surface area contributed by atoms with Gasteiger partial charge in [-0.05, 0) is 12.5 Å². The Balaban J connectivity index is 2.03. The number of hydrogen-bond donors (Lipinski definition) is 2. The molecule has 3 aromatic rings. The first-order chi connectivity index (χ1) is 12.1. The van der Waals surface area contributed by atoms with E-state index in [1.54, 1.807) is 30.2 Å². The van der Waals surface area contributed by atoms with E-state index in [1.807, 2.05) is 12.1 Å². The van der Waals surface area contributed by atoms with Crippen molar-refractivity contribution in [2.75, 3.05) is 5.43 Å². The summed E-state index contributed by atoms with van der Waals surface area (Å²) in [5, 5.41) is 4.16. The lowest BCUT2D eigenvalue weighted by molar-refractivity contribution is 0.647. The van der Waals surface area contributed by atoms with Crippen LogP contribution in [0.5, 0.6) is 0 Å². The lowest BCUT2D eigenvalue weighted by atomic mass is 10.3. The Morgan fingerprint density at radius 1 is 1.40 bits per heavy atom. The van der Waals surface area contributed by atoms with Crippen molar-refractivity contribution >= 4 is 23.3 Å². The molecule has 0 saturated heterocycles. The van der Waals surface area contributed by atoms with Crippen LogP contribution in [0.1, 0.15) is 25.3 Å². The van der Waals surface area contributed by atoms with Crippen LogP contribution in [-0.4, -0.2) is 30.3 Å². The number of nitrogens with zero attached hydrogens (tertiary/aromatic N) is 5. The summed E-state index contributed by atoms with van der Waals surface area (Å²) in [6.07, 6.45) is 6.80. The van der Waals surface area contributed by atoms with E-state index in [-0.39, 0.29) is 0 Å². The highest BCUT2D eigenvalue weighted by molar-refractivity contribution is 5.80. The van der Waals surface area contributed by atoms with Crippen LogP contribution in [0.4, 0.5) is 5.95 Å². The van der Waals surface area contributed by atoms with Gasteiger partial charge in [0, 0.05) is 31.5 Å². The Labute approximate surface area is 143 Å². The van der Waals surface area contributed by atoms with Crippen LogP contribution < -0.4 is 16.7 Å². The van der Waals surface area contributed by atoms with Gasteiger partial charge in [-0.2, -0.15) is 10.1 Å². The second kappa shape index (κ2) is 7.12. The fraction of sp³-hybridized carbons (Fsp3) is 0.312. The minimum absolute atomic E-state index is 0.323. The van der Waals surface area contributed by atoms with E-state index in [9.17, 15) is 9.59 Å². The summed E-state index contributed by atoms with van der Waals surface area (Å²) >= 11 is 0. The smallest absolute Gasteiger partial charge is 0.303 e. The summed E-state index contributed by atoms with van der Waals surface area (Å²) in [6.45, 7) is 2.66. The van der Waals surface area contributed by atoms with Crippen LogP contribution in [0, 0.1) is 0 Å². The molecular weight excluding hydrogens is 322 g/mol. The molecule has 0 saturated carbocycles. The molecule has 0 fully saturated rings. The Morgan fingerprint density at radius 2 is 2.24 bits per heavy atom. The lowest BCUT2D eigenvalue weighted by Gasteiger charge is -2.06. The summed E-state index contributed by atoms with van der Waals surface area (Å²) in [4.78, 5) is 34.7. The molecule has 0 amide bonds. The minimum Gasteiger partial charge on any atom is -0.303 e. The lowest BCUT2D eigenvalue weighted by Crippen LogP contribution is -2.29. The largest absolute Gasteiger partial charge is 0.329 e. The first-order valence-corrected chi connectivity index (χ1v) is 8.00. The second-order valence-corrected chi connectivity index (χ2v) is 5.59. The number of unbranched alkanes of at least 4 members (excludes halogenated alkanes) is 1. The molecule has 25 heavy (non-hydrogen) atoms. The van der Waals surface area contributed by atoms with Crippen molar-refractivity contribution < 1.29 is 0 Å². The third-order valence-corrected chi connectivity index (χ3v) is 3.80. The van der Waals surface area contributed by atoms with Gasteiger partial charge in [0.05, 0.1) is 6.21 Å². The molecule has 0 aromatic carbocycles. The van der Waals surface area contributed by atoms with Gasteiger partial charge >= 0.3 is 5.69 Å². The first kappa shape index (κ1) is 16.6. The maximum Gasteiger partial charge on any atom is 0.329 e. The van der Waals surface area contributed by atoms with Gasteiger partial charge in [0.15, 0.2) is 11.2 Å². The standard InChI is InChI=1S/C16H19N7O2/c1-3-4-8-23-12-13(22(2)16(25)20-14(12)24)19-15(23)21-18-10-11-6-5-7-17-9-11/h5-7,9-10H,3-4,8H2,1-2H3,(H,19,21)(H,20,24,25)/b18-10+. The van der Waals surface area contributed by atoms with Crippen molar-refractivity contribution in [3.63, 3.8) is 0 Å². The molecule has 130 valence electrons. The SMILES string of the molecule is CCCCn1c(N/N=C/c2cccnc2)nc2c1c(=O)[nH]c(=O)n2C. The number of nitrogens with one attached hydrogen (secondary N) is 2. The molecule has 3 rings (SSSR count). The average molecular weight is 341 g/mol. The predicted molar refractivity (Wildman–Crippen MR) is 96.0 cm³/mol. The van der Waals surface area contributed by atoms with Crippen molar-refractivity contribution in [2.45, 2.75) is 26.3 Å². The molecule has 2 N–H and O–H groups in total. The van der Waals surface area contributed by atoms with E-state index in [0.717, 1.165) is 18.4 Å². The molecule has 0 aliphatic rings. The molecule has 0 spiro atoms. The van der Waals surface area contributed by atoms with Crippen LogP contribution in [0.2, 0.25) is 0 Å². The maximum atomic E-state index is 12.2. The summed E-state index contributed by atoms with van der Waals surface area (Å²) < 4.78 is 3.06. The van der Waals surface area contributed by atoms with Gasteiger partial charge in [-0.1, -0.05) is 19.4 Å². The monoisotopic (exact) mass is 341 g/mol. The molecule has 9 heteroatoms. The molecule has 3 heterocycles. The summed E-state index contributed by atoms with van der Waals surface area (Å²) in [7, 11) is 1.57. The number of H-pyrrole nitrogens is 1. The Hall–Kier alpha value is -3.23. The van der Waals surface area contributed by atoms with Crippen LogP contribution in [-0.2, 0) is 13.6 Å². The third-order valence-electron chi connectivity index (χ3n) is 3.80. The van der Waals surface area contributed by atoms with Crippen molar-refractivity contribution in [3.05, 3.63) is 50.9 Å². The normalized spacial score (nSPS) is 11.4. The highest BCUT2D eigenvalue weighted by Crippen LogP contribution is 2.16. The zero-order chi connectivity index (χ0) is 17.8. The van der Waals surface area contributed by atoms with Crippen LogP contribution >= 0.6 is 0 Å². The highest BCUT2D eigenvalue weighted by Gasteiger charge is 2.16. The minimum atomic E-state index is -0.497. The molecule has 0 aliphatic heterocycles. The van der Waals surface area contributed by atoms with Gasteiger partial charge < -0.3 is 4.57 Å². The molecule has 0 atom stereocenters. The van der Waals surface area contributed by atoms with Crippen molar-refractivity contribution in [1.82, 2.24) is 24.1 Å². The van der Waals surface area contributed by atoms with Gasteiger partial charge in [-0.3, -0.25) is 19.3 Å². The number of aromatic nitrogens is 5. The summed E-state index contributed by atoms with van der Waals surface area (Å²) in [5.41, 5.74) is 3.42. The van der Waals surface area contributed by atoms with Gasteiger partial charge in [0.2, 0.25) is 5.95 Å². The number of rotatable bonds is 6. The van der Waals surface area contributed by atoms with E-state index >= 15 is 0 Å². The predicted octanol–water partition coefficient (Wildman–Crippen LogP) is 1.06. The average Bonchev–Trinajstić information content (AvgIpc) is 2.98. The number of fused-ring (bicyclic) bond motifs is 1. The van der Waals surface area contributed by atoms with E-state index < -0.39 is 11.2 Å². The number of aromatic amines is 1. The quantitative estimate of drug-likeness (QED) is 0.515. The Kier molecular flexibility index (Phi) is 4.73. The number of imidazole rings is 1. The third kappa shape index (κ3) is 3.35. The Bertz CT molecular complexity index is 1010. The Morgan fingerprint density at radius 3 is 2.96 bits per heavy atom. The van der Waals surface area contributed by atoms with Gasteiger partial charge in [-0.15, -0.1) is 0 Å². The molecule has 0 unspecified atom stereocenters. The van der Waals surface area contributed by atoms with E-state index in [0.29, 0.717) is 23.7 Å². The van der Waals surface area contributed by atoms with Crippen molar-refractivity contribution in [3.8, 4) is 0 Å². The molecule has 0 bridgehead atoms. The number of aryl methyl sites for hydroxylation is 2. The van der Waals surface area contributed by atoms with E-state index in [4.69, 9.17) is 0 Å². The van der Waals surface area contributed by atoms with E-state index in [1.165, 1.54) is 4.57 Å². The van der Waals surface area contributed by atoms with Gasteiger partial charge in [-0.25, -0.2) is 10.2 Å². The number of hydrogen-bond acceptors (Lipinski definition) is 6. The molecule has 0 radical (unpaired) electrons. The zero-order valence-electron chi connectivity index (χ0n) is 14.1. The fourth-order valence-corrected chi connectivity index (χ4v) is 2.47. The molecule has 3 aromatic heterocycles. The fourth-order valence-electron chi connectivity index (χ4n) is 2.47. The highest BCUT2D eigenvalue weighted by atomic mass is 16.2. The number of pyridine rings is 1. The summed E-state index contributed by atoms with van der Waals surface area (Å²) in [6, 6.07) is 3.68. The van der Waals surface area contributed by atoms with Crippen molar-refractivity contribution in [1.29, 1.82) is 0 Å².